The van der Waals surface area contributed by atoms with Crippen LogP contribution >= 0.6 is 12.4 Å². The second-order valence-electron chi connectivity index (χ2n) is 3.07. The summed E-state index contributed by atoms with van der Waals surface area (Å²) < 4.78 is 0. The second-order valence-corrected chi connectivity index (χ2v) is 3.07. The van der Waals surface area contributed by atoms with E-state index in [4.69, 9.17) is 5.73 Å². The van der Waals surface area contributed by atoms with Gasteiger partial charge in [-0.25, -0.2) is 0 Å². The lowest BCUT2D eigenvalue weighted by Crippen LogP contribution is -2.10. The van der Waals surface area contributed by atoms with Crippen LogP contribution < -0.4 is 5.73 Å². The molecule has 1 aromatic rings. The minimum absolute atomic E-state index is 0. The van der Waals surface area contributed by atoms with Gasteiger partial charge < -0.3 is 5.73 Å². The van der Waals surface area contributed by atoms with Crippen LogP contribution in [0, 0.1) is 0 Å². The van der Waals surface area contributed by atoms with Crippen molar-refractivity contribution in [2.24, 2.45) is 5.73 Å². The predicted molar refractivity (Wildman–Crippen MR) is 60.3 cm³/mol. The average Bonchev–Trinajstić information content (AvgIpc) is 2.16. The fourth-order valence-electron chi connectivity index (χ4n) is 1.44. The van der Waals surface area contributed by atoms with E-state index in [1.165, 1.54) is 11.1 Å². The monoisotopic (exact) mass is 199 g/mol. The van der Waals surface area contributed by atoms with Crippen LogP contribution in [-0.4, -0.2) is 0 Å². The first-order chi connectivity index (χ1) is 5.79. The molecule has 1 rings (SSSR count). The average molecular weight is 200 g/mol. The molecule has 0 aliphatic carbocycles. The molecule has 0 fully saturated rings. The Morgan fingerprint density at radius 2 is 1.85 bits per heavy atom. The molecule has 0 heterocycles. The number of nitrogens with two attached hydrogens (primary N) is 1. The van der Waals surface area contributed by atoms with Crippen molar-refractivity contribution < 1.29 is 0 Å². The van der Waals surface area contributed by atoms with Crippen molar-refractivity contribution in [3.8, 4) is 0 Å². The molecule has 1 nitrogen and oxygen atoms in total. The third-order valence-corrected chi connectivity index (χ3v) is 2.28. The molecule has 13 heavy (non-hydrogen) atoms. The number of aryl methyl sites for hydroxylation is 1. The molecule has 2 heteroatoms. The van der Waals surface area contributed by atoms with Gasteiger partial charge in [-0.15, -0.1) is 12.4 Å². The van der Waals surface area contributed by atoms with Crippen LogP contribution in [0.2, 0.25) is 0 Å². The fraction of sp³-hybridized carbons (Fsp3) is 0.455. The summed E-state index contributed by atoms with van der Waals surface area (Å²) in [7, 11) is 0. The fourth-order valence-corrected chi connectivity index (χ4v) is 1.44. The van der Waals surface area contributed by atoms with Gasteiger partial charge in [0.25, 0.3) is 0 Å². The quantitative estimate of drug-likeness (QED) is 0.796. The van der Waals surface area contributed by atoms with Gasteiger partial charge in [-0.1, -0.05) is 38.1 Å². The lowest BCUT2D eigenvalue weighted by Gasteiger charge is -2.13. The number of hydrogen-bond donors (Lipinski definition) is 1. The Bertz CT molecular complexity index is 248. The van der Waals surface area contributed by atoms with Crippen molar-refractivity contribution in [2.45, 2.75) is 32.7 Å². The first-order valence-electron chi connectivity index (χ1n) is 4.63. The molecule has 0 aliphatic heterocycles. The van der Waals surface area contributed by atoms with E-state index in [1.54, 1.807) is 0 Å². The van der Waals surface area contributed by atoms with Crippen LogP contribution in [0.15, 0.2) is 24.3 Å². The van der Waals surface area contributed by atoms with E-state index >= 15 is 0 Å². The normalized spacial score (nSPS) is 11.9. The molecule has 1 aromatic carbocycles. The standard InChI is InChI=1S/C11H17N.ClH/c1-3-9-7-5-6-8-10(9)11(12)4-2;/h5-8,11H,3-4,12H2,1-2H3;1H. The number of benzene rings is 1. The Morgan fingerprint density at radius 1 is 1.23 bits per heavy atom. The minimum Gasteiger partial charge on any atom is -0.324 e. The molecule has 2 N–H and O–H groups in total. The van der Waals surface area contributed by atoms with E-state index in [-0.39, 0.29) is 18.4 Å². The Labute approximate surface area is 86.7 Å². The Hall–Kier alpha value is -0.530. The third-order valence-electron chi connectivity index (χ3n) is 2.28. The molecule has 0 aliphatic rings. The van der Waals surface area contributed by atoms with E-state index in [0.29, 0.717) is 0 Å². The van der Waals surface area contributed by atoms with Gasteiger partial charge in [0.15, 0.2) is 0 Å². The molecule has 0 saturated carbocycles. The zero-order chi connectivity index (χ0) is 8.97. The first kappa shape index (κ1) is 12.5. The van der Waals surface area contributed by atoms with Crippen molar-refractivity contribution in [3.05, 3.63) is 35.4 Å². The van der Waals surface area contributed by atoms with Gasteiger partial charge in [0.2, 0.25) is 0 Å². The molecule has 0 spiro atoms. The van der Waals surface area contributed by atoms with Gasteiger partial charge in [0.1, 0.15) is 0 Å². The summed E-state index contributed by atoms with van der Waals surface area (Å²) in [6, 6.07) is 8.63. The largest absolute Gasteiger partial charge is 0.324 e. The van der Waals surface area contributed by atoms with Crippen molar-refractivity contribution in [1.29, 1.82) is 0 Å². The number of halogens is 1. The minimum atomic E-state index is 0. The van der Waals surface area contributed by atoms with Gasteiger partial charge in [-0.05, 0) is 24.0 Å². The summed E-state index contributed by atoms with van der Waals surface area (Å²) >= 11 is 0. The van der Waals surface area contributed by atoms with Gasteiger partial charge in [0, 0.05) is 6.04 Å². The highest BCUT2D eigenvalue weighted by atomic mass is 35.5. The molecular weight excluding hydrogens is 182 g/mol. The zero-order valence-electron chi connectivity index (χ0n) is 8.29. The van der Waals surface area contributed by atoms with Crippen molar-refractivity contribution in [2.75, 3.05) is 0 Å². The predicted octanol–water partition coefficient (Wildman–Crippen LogP) is 3.08. The molecule has 0 saturated heterocycles. The molecule has 0 radical (unpaired) electrons. The summed E-state index contributed by atoms with van der Waals surface area (Å²) in [4.78, 5) is 0. The highest BCUT2D eigenvalue weighted by molar-refractivity contribution is 5.85. The summed E-state index contributed by atoms with van der Waals surface area (Å²) in [6.45, 7) is 4.29. The lowest BCUT2D eigenvalue weighted by atomic mass is 9.98. The maximum atomic E-state index is 5.97. The number of rotatable bonds is 3. The molecule has 0 amide bonds. The van der Waals surface area contributed by atoms with Gasteiger partial charge in [-0.2, -0.15) is 0 Å². The van der Waals surface area contributed by atoms with Crippen molar-refractivity contribution in [3.63, 3.8) is 0 Å². The summed E-state index contributed by atoms with van der Waals surface area (Å²) in [5.74, 6) is 0. The van der Waals surface area contributed by atoms with Gasteiger partial charge in [-0.3, -0.25) is 0 Å². The van der Waals surface area contributed by atoms with Crippen LogP contribution in [0.4, 0.5) is 0 Å². The van der Waals surface area contributed by atoms with Crippen LogP contribution in [-0.2, 0) is 6.42 Å². The Kier molecular flexibility index (Phi) is 5.76. The Balaban J connectivity index is 0.00000144. The lowest BCUT2D eigenvalue weighted by molar-refractivity contribution is 0.690. The first-order valence-corrected chi connectivity index (χ1v) is 4.63. The van der Waals surface area contributed by atoms with Crippen molar-refractivity contribution >= 4 is 12.4 Å². The summed E-state index contributed by atoms with van der Waals surface area (Å²) in [5, 5.41) is 0. The summed E-state index contributed by atoms with van der Waals surface area (Å²) in [6.07, 6.45) is 2.08. The zero-order valence-corrected chi connectivity index (χ0v) is 9.10. The maximum Gasteiger partial charge on any atom is 0.0294 e. The van der Waals surface area contributed by atoms with Gasteiger partial charge >= 0.3 is 0 Å². The third kappa shape index (κ3) is 3.02. The molecule has 0 aromatic heterocycles. The van der Waals surface area contributed by atoms with Crippen LogP contribution in [0.3, 0.4) is 0 Å². The summed E-state index contributed by atoms with van der Waals surface area (Å²) in [5.41, 5.74) is 8.66. The van der Waals surface area contributed by atoms with E-state index in [0.717, 1.165) is 12.8 Å². The van der Waals surface area contributed by atoms with E-state index in [1.807, 2.05) is 0 Å². The van der Waals surface area contributed by atoms with Crippen LogP contribution in [0.5, 0.6) is 0 Å². The Morgan fingerprint density at radius 3 is 2.38 bits per heavy atom. The number of hydrogen-bond acceptors (Lipinski definition) is 1. The van der Waals surface area contributed by atoms with Crippen LogP contribution in [0.25, 0.3) is 0 Å². The van der Waals surface area contributed by atoms with E-state index in [9.17, 15) is 0 Å². The van der Waals surface area contributed by atoms with Gasteiger partial charge in [0.05, 0.1) is 0 Å². The second kappa shape index (κ2) is 6.01. The van der Waals surface area contributed by atoms with E-state index < -0.39 is 0 Å². The highest BCUT2D eigenvalue weighted by Gasteiger charge is 2.05. The van der Waals surface area contributed by atoms with Crippen molar-refractivity contribution in [1.82, 2.24) is 0 Å². The molecule has 1 unspecified atom stereocenters. The SMILES string of the molecule is CCc1ccccc1C(N)CC.Cl. The van der Waals surface area contributed by atoms with Crippen LogP contribution in [0.1, 0.15) is 37.4 Å². The van der Waals surface area contributed by atoms with E-state index in [2.05, 4.69) is 38.1 Å². The smallest absolute Gasteiger partial charge is 0.0294 e. The molecule has 0 bridgehead atoms. The molecule has 74 valence electrons. The topological polar surface area (TPSA) is 26.0 Å². The molecular formula is C11H18ClN. The maximum absolute atomic E-state index is 5.97. The highest BCUT2D eigenvalue weighted by Crippen LogP contribution is 2.18. The molecule has 1 atom stereocenters.